The molecule has 2 rings (SSSR count). The summed E-state index contributed by atoms with van der Waals surface area (Å²) in [6.45, 7) is 11.7. The Bertz CT molecular complexity index is 1020. The molecule has 35 heavy (non-hydrogen) atoms. The summed E-state index contributed by atoms with van der Waals surface area (Å²) in [7, 11) is 0. The Morgan fingerprint density at radius 3 is 2.14 bits per heavy atom. The molecule has 5 nitrogen and oxygen atoms in total. The number of rotatable bonds is 5. The third-order valence-electron chi connectivity index (χ3n) is 5.38. The van der Waals surface area contributed by atoms with Gasteiger partial charge in [-0.2, -0.15) is 13.2 Å². The number of allylic oxidation sites excluding steroid dienone is 5. The Labute approximate surface area is 203 Å². The van der Waals surface area contributed by atoms with E-state index < -0.39 is 17.7 Å². The van der Waals surface area contributed by atoms with Crippen LogP contribution in [0.1, 0.15) is 52.5 Å². The predicted octanol–water partition coefficient (Wildman–Crippen LogP) is 6.08. The van der Waals surface area contributed by atoms with E-state index in [0.717, 1.165) is 18.1 Å². The van der Waals surface area contributed by atoms with Crippen molar-refractivity contribution < 1.29 is 32.3 Å². The predicted molar refractivity (Wildman–Crippen MR) is 128 cm³/mol. The van der Waals surface area contributed by atoms with Crippen molar-refractivity contribution >= 4 is 11.8 Å². The second-order valence-corrected chi connectivity index (χ2v) is 8.26. The molecule has 0 bridgehead atoms. The van der Waals surface area contributed by atoms with Gasteiger partial charge < -0.3 is 15.3 Å². The summed E-state index contributed by atoms with van der Waals surface area (Å²) in [6, 6.07) is 6.44. The van der Waals surface area contributed by atoms with Crippen LogP contribution in [0.3, 0.4) is 0 Å². The Balaban J connectivity index is 0.000000357. The Morgan fingerprint density at radius 1 is 1.14 bits per heavy atom. The first-order valence-electron chi connectivity index (χ1n) is 11.0. The topological polar surface area (TPSA) is 69.6 Å². The Morgan fingerprint density at radius 2 is 1.71 bits per heavy atom. The van der Waals surface area contributed by atoms with Crippen LogP contribution < -0.4 is 5.32 Å². The van der Waals surface area contributed by atoms with Gasteiger partial charge in [0.15, 0.2) is 0 Å². The van der Waals surface area contributed by atoms with E-state index in [9.17, 15) is 32.3 Å². The lowest BCUT2D eigenvalue weighted by atomic mass is 9.99. The molecule has 1 aliphatic rings. The van der Waals surface area contributed by atoms with Crippen molar-refractivity contribution in [2.45, 2.75) is 53.1 Å². The third-order valence-corrected chi connectivity index (χ3v) is 5.38. The molecule has 2 N–H and O–H groups in total. The van der Waals surface area contributed by atoms with Gasteiger partial charge in [0.1, 0.15) is 5.82 Å². The molecule has 0 saturated carbocycles. The number of likely N-dealkylation sites (tertiary alicyclic amines) is 1. The van der Waals surface area contributed by atoms with Gasteiger partial charge in [-0.25, -0.2) is 4.39 Å². The molecule has 1 aromatic carbocycles. The first kappa shape index (κ1) is 29.7. The van der Waals surface area contributed by atoms with Gasteiger partial charge >= 0.3 is 6.18 Å². The van der Waals surface area contributed by atoms with E-state index in [2.05, 4.69) is 11.9 Å². The van der Waals surface area contributed by atoms with E-state index in [1.807, 2.05) is 0 Å². The summed E-state index contributed by atoms with van der Waals surface area (Å²) >= 11 is 0. The molecule has 1 heterocycles. The summed E-state index contributed by atoms with van der Waals surface area (Å²) in [5, 5.41) is 11.6. The first-order valence-corrected chi connectivity index (χ1v) is 11.0. The molecule has 0 aromatic heterocycles. The largest absolute Gasteiger partial charge is 0.512 e. The number of alkyl halides is 3. The minimum atomic E-state index is -4.47. The summed E-state index contributed by atoms with van der Waals surface area (Å²) in [5.41, 5.74) is 0.591. The lowest BCUT2D eigenvalue weighted by Crippen LogP contribution is -2.29. The number of carbonyl (C=O) groups is 2. The fourth-order valence-electron chi connectivity index (χ4n) is 3.34. The maximum atomic E-state index is 12.9. The van der Waals surface area contributed by atoms with Crippen molar-refractivity contribution in [2.75, 3.05) is 13.1 Å². The quantitative estimate of drug-likeness (QED) is 0.225. The van der Waals surface area contributed by atoms with Crippen molar-refractivity contribution in [1.29, 1.82) is 0 Å². The van der Waals surface area contributed by atoms with Gasteiger partial charge in [-0.1, -0.05) is 24.8 Å². The number of amides is 2. The smallest absolute Gasteiger partial charge is 0.416 e. The van der Waals surface area contributed by atoms with Crippen LogP contribution in [-0.4, -0.2) is 41.1 Å². The number of hydrogen-bond acceptors (Lipinski definition) is 3. The molecule has 2 amide bonds. The van der Waals surface area contributed by atoms with Crippen LogP contribution in [0.15, 0.2) is 71.2 Å². The minimum Gasteiger partial charge on any atom is -0.512 e. The van der Waals surface area contributed by atoms with Gasteiger partial charge in [0, 0.05) is 31.6 Å². The van der Waals surface area contributed by atoms with Gasteiger partial charge in [0.25, 0.3) is 5.91 Å². The molecule has 1 atom stereocenters. The second kappa shape index (κ2) is 12.9. The highest BCUT2D eigenvalue weighted by atomic mass is 19.4. The number of halogens is 4. The number of carbonyl (C=O) groups excluding carboxylic acids is 2. The van der Waals surface area contributed by atoms with Crippen molar-refractivity contribution in [2.24, 2.45) is 0 Å². The molecule has 1 aliphatic heterocycles. The van der Waals surface area contributed by atoms with Crippen LogP contribution in [0.4, 0.5) is 17.6 Å². The zero-order valence-corrected chi connectivity index (χ0v) is 20.6. The van der Waals surface area contributed by atoms with Crippen LogP contribution in [0.2, 0.25) is 0 Å². The molecule has 1 saturated heterocycles. The average Bonchev–Trinajstić information content (AvgIpc) is 3.25. The number of nitrogens with zero attached hydrogens (tertiary/aromatic N) is 1. The van der Waals surface area contributed by atoms with Crippen molar-refractivity contribution in [3.8, 4) is 0 Å². The summed E-state index contributed by atoms with van der Waals surface area (Å²) in [5.74, 6) is -0.479. The number of aliphatic hydroxyl groups excluding tert-OH is 1. The standard InChI is InChI=1S/C15H18FNO2.C11H14F3NO/c1-10(11(2)18)15(19)17-8-7-13(9-17)12-3-5-14(16)6-4-12;1-5-9(15-8(4)16)6-10(7(2)3)11(12,13)14/h3-6,13,18H,7-9H2,1-2H3;5-6H,2H2,1,3-4H3,(H,15,16)/b11-10-;9-5+,10-6+. The molecule has 1 fully saturated rings. The van der Waals surface area contributed by atoms with Crippen LogP contribution in [0.5, 0.6) is 0 Å². The van der Waals surface area contributed by atoms with Crippen LogP contribution in [0.25, 0.3) is 0 Å². The molecule has 0 radical (unpaired) electrons. The summed E-state index contributed by atoms with van der Waals surface area (Å²) in [6.07, 6.45) is -1.35. The molecular weight excluding hydrogens is 464 g/mol. The summed E-state index contributed by atoms with van der Waals surface area (Å²) < 4.78 is 50.5. The zero-order chi connectivity index (χ0) is 26.9. The monoisotopic (exact) mass is 496 g/mol. The molecule has 0 aliphatic carbocycles. The fraction of sp³-hybridized carbons (Fsp3) is 0.385. The molecular formula is C26H32F4N2O3. The van der Waals surface area contributed by atoms with Crippen LogP contribution in [0, 0.1) is 5.82 Å². The van der Waals surface area contributed by atoms with Gasteiger partial charge in [-0.05, 0) is 63.5 Å². The highest BCUT2D eigenvalue weighted by Gasteiger charge is 2.34. The van der Waals surface area contributed by atoms with Crippen LogP contribution >= 0.6 is 0 Å². The lowest BCUT2D eigenvalue weighted by Gasteiger charge is -2.17. The molecule has 0 spiro atoms. The minimum absolute atomic E-state index is 0.0650. The van der Waals surface area contributed by atoms with Crippen molar-refractivity contribution in [3.63, 3.8) is 0 Å². The number of benzene rings is 1. The average molecular weight is 497 g/mol. The van der Waals surface area contributed by atoms with Crippen molar-refractivity contribution in [1.82, 2.24) is 10.2 Å². The van der Waals surface area contributed by atoms with Gasteiger partial charge in [0.05, 0.1) is 16.9 Å². The Kier molecular flexibility index (Phi) is 11.0. The number of hydrogen-bond donors (Lipinski definition) is 2. The van der Waals surface area contributed by atoms with E-state index in [4.69, 9.17) is 0 Å². The number of nitrogens with one attached hydrogen (secondary N) is 1. The Hall–Kier alpha value is -3.36. The number of aliphatic hydroxyl groups is 1. The maximum absolute atomic E-state index is 12.9. The SMILES string of the molecule is C/C(O)=C(\C)C(=O)N1CCC(c2ccc(F)cc2)C1.C=C(C)/C(=C\C(=C/C)NC(C)=O)C(F)(F)F. The van der Waals surface area contributed by atoms with E-state index >= 15 is 0 Å². The van der Waals surface area contributed by atoms with E-state index in [-0.39, 0.29) is 34.7 Å². The third kappa shape index (κ3) is 9.42. The highest BCUT2D eigenvalue weighted by molar-refractivity contribution is 5.93. The molecule has 1 aromatic rings. The van der Waals surface area contributed by atoms with Gasteiger partial charge in [-0.15, -0.1) is 0 Å². The molecule has 9 heteroatoms. The van der Waals surface area contributed by atoms with E-state index in [0.29, 0.717) is 18.7 Å². The fourth-order valence-corrected chi connectivity index (χ4v) is 3.34. The van der Waals surface area contributed by atoms with Gasteiger partial charge in [0.2, 0.25) is 5.91 Å². The first-order chi connectivity index (χ1) is 16.2. The maximum Gasteiger partial charge on any atom is 0.416 e. The molecule has 1 unspecified atom stereocenters. The van der Waals surface area contributed by atoms with Gasteiger partial charge in [-0.3, -0.25) is 9.59 Å². The summed E-state index contributed by atoms with van der Waals surface area (Å²) in [4.78, 5) is 24.5. The normalized spacial score (nSPS) is 17.3. The lowest BCUT2D eigenvalue weighted by molar-refractivity contribution is -0.126. The zero-order valence-electron chi connectivity index (χ0n) is 20.6. The van der Waals surface area contributed by atoms with E-state index in [1.165, 1.54) is 45.9 Å². The highest BCUT2D eigenvalue weighted by Crippen LogP contribution is 2.31. The second-order valence-electron chi connectivity index (χ2n) is 8.26. The molecule has 192 valence electrons. The van der Waals surface area contributed by atoms with E-state index in [1.54, 1.807) is 24.0 Å². The van der Waals surface area contributed by atoms with Crippen molar-refractivity contribution in [3.05, 3.63) is 82.6 Å². The van der Waals surface area contributed by atoms with Crippen LogP contribution in [-0.2, 0) is 9.59 Å².